The molecule has 1 heterocycles. The summed E-state index contributed by atoms with van der Waals surface area (Å²) in [7, 11) is 0. The second-order valence-electron chi connectivity index (χ2n) is 4.71. The van der Waals surface area contributed by atoms with E-state index >= 15 is 0 Å². The number of rotatable bonds is 2. The van der Waals surface area contributed by atoms with Crippen LogP contribution in [0.2, 0.25) is 0 Å². The van der Waals surface area contributed by atoms with E-state index in [9.17, 15) is 8.78 Å². The monoisotopic (exact) mass is 225 g/mol. The average Bonchev–Trinajstić information content (AvgIpc) is 2.20. The fraction of sp³-hybridized carbons (Fsp3) is 0.538. The van der Waals surface area contributed by atoms with Crippen LogP contribution in [0.25, 0.3) is 0 Å². The van der Waals surface area contributed by atoms with Gasteiger partial charge < -0.3 is 5.32 Å². The predicted octanol–water partition coefficient (Wildman–Crippen LogP) is 2.75. The summed E-state index contributed by atoms with van der Waals surface area (Å²) in [5.41, 5.74) is 0.762. The van der Waals surface area contributed by atoms with Crippen LogP contribution in [0.4, 0.5) is 8.78 Å². The van der Waals surface area contributed by atoms with Crippen molar-refractivity contribution in [3.63, 3.8) is 0 Å². The Morgan fingerprint density at radius 3 is 2.56 bits per heavy atom. The van der Waals surface area contributed by atoms with E-state index in [4.69, 9.17) is 0 Å². The molecule has 3 heteroatoms. The van der Waals surface area contributed by atoms with Gasteiger partial charge >= 0.3 is 0 Å². The van der Waals surface area contributed by atoms with Crippen molar-refractivity contribution in [3.05, 3.63) is 35.4 Å². The van der Waals surface area contributed by atoms with Crippen LogP contribution in [-0.4, -0.2) is 13.1 Å². The van der Waals surface area contributed by atoms with Crippen LogP contribution in [0.15, 0.2) is 18.2 Å². The van der Waals surface area contributed by atoms with Gasteiger partial charge in [0.2, 0.25) is 0 Å². The lowest BCUT2D eigenvalue weighted by Gasteiger charge is -2.29. The molecule has 1 aromatic rings. The van der Waals surface area contributed by atoms with E-state index in [-0.39, 0.29) is 0 Å². The van der Waals surface area contributed by atoms with Crippen molar-refractivity contribution in [2.24, 2.45) is 11.8 Å². The van der Waals surface area contributed by atoms with E-state index in [1.807, 2.05) is 0 Å². The Labute approximate surface area is 94.9 Å². The van der Waals surface area contributed by atoms with Gasteiger partial charge in [-0.05, 0) is 55.5 Å². The van der Waals surface area contributed by atoms with Gasteiger partial charge in [0.25, 0.3) is 0 Å². The molecule has 16 heavy (non-hydrogen) atoms. The Balaban J connectivity index is 2.07. The third-order valence-electron chi connectivity index (χ3n) is 3.41. The second-order valence-corrected chi connectivity index (χ2v) is 4.71. The number of benzene rings is 1. The summed E-state index contributed by atoms with van der Waals surface area (Å²) in [5.74, 6) is 0.139. The topological polar surface area (TPSA) is 12.0 Å². The summed E-state index contributed by atoms with van der Waals surface area (Å²) >= 11 is 0. The lowest BCUT2D eigenvalue weighted by atomic mass is 9.83. The largest absolute Gasteiger partial charge is 0.316 e. The van der Waals surface area contributed by atoms with Crippen molar-refractivity contribution in [2.45, 2.75) is 19.8 Å². The predicted molar refractivity (Wildman–Crippen MR) is 60.2 cm³/mol. The minimum absolute atomic E-state index is 0.480. The first kappa shape index (κ1) is 11.5. The van der Waals surface area contributed by atoms with Crippen LogP contribution in [-0.2, 0) is 6.42 Å². The quantitative estimate of drug-likeness (QED) is 0.816. The fourth-order valence-corrected chi connectivity index (χ4v) is 2.36. The number of halogens is 2. The second kappa shape index (κ2) is 4.91. The van der Waals surface area contributed by atoms with Gasteiger partial charge in [-0.1, -0.05) is 6.92 Å². The fourth-order valence-electron chi connectivity index (χ4n) is 2.36. The molecule has 1 aliphatic rings. The molecule has 0 aromatic heterocycles. The molecule has 1 aromatic carbocycles. The molecule has 0 spiro atoms. The maximum absolute atomic E-state index is 13.0. The summed E-state index contributed by atoms with van der Waals surface area (Å²) in [4.78, 5) is 0. The smallest absolute Gasteiger partial charge is 0.126 e. The van der Waals surface area contributed by atoms with Gasteiger partial charge in [0.15, 0.2) is 0 Å². The van der Waals surface area contributed by atoms with Crippen LogP contribution in [0.5, 0.6) is 0 Å². The van der Waals surface area contributed by atoms with Crippen molar-refractivity contribution in [1.29, 1.82) is 0 Å². The van der Waals surface area contributed by atoms with Crippen LogP contribution in [0.1, 0.15) is 18.9 Å². The third-order valence-corrected chi connectivity index (χ3v) is 3.41. The summed E-state index contributed by atoms with van der Waals surface area (Å²) < 4.78 is 26.0. The Morgan fingerprint density at radius 1 is 1.25 bits per heavy atom. The first-order valence-corrected chi connectivity index (χ1v) is 5.81. The Kier molecular flexibility index (Phi) is 3.54. The molecule has 1 nitrogen and oxygen atoms in total. The van der Waals surface area contributed by atoms with E-state index in [0.717, 1.165) is 37.6 Å². The number of hydrogen-bond donors (Lipinski definition) is 1. The SMILES string of the molecule is CC1CCNCC1Cc1cc(F)cc(F)c1. The lowest BCUT2D eigenvalue weighted by Crippen LogP contribution is -2.36. The first-order chi connectivity index (χ1) is 7.65. The molecule has 88 valence electrons. The summed E-state index contributed by atoms with van der Waals surface area (Å²) in [5, 5.41) is 3.33. The van der Waals surface area contributed by atoms with Crippen LogP contribution >= 0.6 is 0 Å². The van der Waals surface area contributed by atoms with E-state index in [1.54, 1.807) is 0 Å². The van der Waals surface area contributed by atoms with Gasteiger partial charge in [-0.25, -0.2) is 8.78 Å². The van der Waals surface area contributed by atoms with Crippen LogP contribution in [0, 0.1) is 23.5 Å². The minimum Gasteiger partial charge on any atom is -0.316 e. The molecule has 1 aliphatic heterocycles. The molecule has 0 bridgehead atoms. The zero-order chi connectivity index (χ0) is 11.5. The zero-order valence-corrected chi connectivity index (χ0v) is 9.47. The van der Waals surface area contributed by atoms with E-state index in [2.05, 4.69) is 12.2 Å². The highest BCUT2D eigenvalue weighted by Crippen LogP contribution is 2.23. The van der Waals surface area contributed by atoms with Gasteiger partial charge in [-0.2, -0.15) is 0 Å². The van der Waals surface area contributed by atoms with Gasteiger partial charge in [-0.15, -0.1) is 0 Å². The average molecular weight is 225 g/mol. The van der Waals surface area contributed by atoms with Crippen molar-refractivity contribution < 1.29 is 8.78 Å². The number of nitrogens with one attached hydrogen (secondary N) is 1. The standard InChI is InChI=1S/C13H17F2N/c1-9-2-3-16-8-11(9)4-10-5-12(14)7-13(15)6-10/h5-7,9,11,16H,2-4,8H2,1H3. The van der Waals surface area contributed by atoms with Crippen LogP contribution < -0.4 is 5.32 Å². The molecule has 2 unspecified atom stereocenters. The van der Waals surface area contributed by atoms with E-state index < -0.39 is 11.6 Å². The first-order valence-electron chi connectivity index (χ1n) is 5.81. The molecular weight excluding hydrogens is 208 g/mol. The summed E-state index contributed by atoms with van der Waals surface area (Å²) in [6.45, 7) is 4.20. The molecular formula is C13H17F2N. The van der Waals surface area contributed by atoms with Gasteiger partial charge in [-0.3, -0.25) is 0 Å². The van der Waals surface area contributed by atoms with Crippen molar-refractivity contribution in [1.82, 2.24) is 5.32 Å². The molecule has 1 saturated heterocycles. The molecule has 0 aliphatic carbocycles. The van der Waals surface area contributed by atoms with Crippen molar-refractivity contribution >= 4 is 0 Å². The van der Waals surface area contributed by atoms with Crippen molar-refractivity contribution in [2.75, 3.05) is 13.1 Å². The Morgan fingerprint density at radius 2 is 1.94 bits per heavy atom. The molecule has 1 fully saturated rings. The summed E-state index contributed by atoms with van der Waals surface area (Å²) in [6.07, 6.45) is 1.89. The minimum atomic E-state index is -0.480. The van der Waals surface area contributed by atoms with Gasteiger partial charge in [0, 0.05) is 6.07 Å². The zero-order valence-electron chi connectivity index (χ0n) is 9.47. The highest BCUT2D eigenvalue weighted by atomic mass is 19.1. The Bertz CT molecular complexity index is 345. The molecule has 2 rings (SSSR count). The van der Waals surface area contributed by atoms with Gasteiger partial charge in [0.1, 0.15) is 11.6 Å². The molecule has 0 saturated carbocycles. The maximum Gasteiger partial charge on any atom is 0.126 e. The Hall–Kier alpha value is -0.960. The lowest BCUT2D eigenvalue weighted by molar-refractivity contribution is 0.272. The third kappa shape index (κ3) is 2.79. The van der Waals surface area contributed by atoms with Crippen LogP contribution in [0.3, 0.4) is 0 Å². The number of hydrogen-bond acceptors (Lipinski definition) is 1. The molecule has 0 radical (unpaired) electrons. The normalized spacial score (nSPS) is 25.7. The highest BCUT2D eigenvalue weighted by Gasteiger charge is 2.21. The number of piperidine rings is 1. The molecule has 2 atom stereocenters. The molecule has 0 amide bonds. The molecule has 1 N–H and O–H groups in total. The summed E-state index contributed by atoms with van der Waals surface area (Å²) in [6, 6.07) is 3.79. The van der Waals surface area contributed by atoms with Gasteiger partial charge in [0.05, 0.1) is 0 Å². The highest BCUT2D eigenvalue weighted by molar-refractivity contribution is 5.18. The van der Waals surface area contributed by atoms with E-state index in [1.165, 1.54) is 12.1 Å². The van der Waals surface area contributed by atoms with E-state index in [0.29, 0.717) is 11.8 Å². The van der Waals surface area contributed by atoms with Crippen molar-refractivity contribution in [3.8, 4) is 0 Å². The maximum atomic E-state index is 13.0.